The van der Waals surface area contributed by atoms with E-state index in [1.54, 1.807) is 12.1 Å². The molecule has 1 aliphatic rings. The van der Waals surface area contributed by atoms with Crippen molar-refractivity contribution in [1.82, 2.24) is 9.88 Å². The molecule has 1 fully saturated rings. The van der Waals surface area contributed by atoms with Crippen molar-refractivity contribution in [3.05, 3.63) is 82.7 Å². The first-order chi connectivity index (χ1) is 19.2. The van der Waals surface area contributed by atoms with Crippen LogP contribution in [0.15, 0.2) is 64.4 Å². The van der Waals surface area contributed by atoms with Crippen LogP contribution in [0.2, 0.25) is 0 Å². The molecule has 0 aliphatic carbocycles. The Bertz CT molecular complexity index is 1480. The van der Waals surface area contributed by atoms with E-state index in [9.17, 15) is 18.0 Å². The summed E-state index contributed by atoms with van der Waals surface area (Å²) in [5, 5.41) is 8.85. The van der Waals surface area contributed by atoms with Crippen LogP contribution >= 0.6 is 11.8 Å². The van der Waals surface area contributed by atoms with Crippen LogP contribution in [0.25, 0.3) is 0 Å². The van der Waals surface area contributed by atoms with Crippen LogP contribution in [0.4, 0.5) is 13.2 Å². The SMILES string of the molecule is Cc1cc(Sc2cc(C#CCN3CCOCC3)nc(C#Cc3ccc(C(F)(F)F)cc3)c2)ccc1OCC(=O)O. The summed E-state index contributed by atoms with van der Waals surface area (Å²) >= 11 is 1.45. The first-order valence-electron chi connectivity index (χ1n) is 12.3. The van der Waals surface area contributed by atoms with Crippen molar-refractivity contribution in [1.29, 1.82) is 0 Å². The molecule has 0 atom stereocenters. The Morgan fingerprint density at radius 2 is 1.73 bits per heavy atom. The van der Waals surface area contributed by atoms with E-state index in [1.807, 2.05) is 25.1 Å². The molecule has 1 saturated heterocycles. The number of rotatable bonds is 6. The summed E-state index contributed by atoms with van der Waals surface area (Å²) in [6.07, 6.45) is -4.41. The monoisotopic (exact) mass is 566 g/mol. The van der Waals surface area contributed by atoms with Crippen molar-refractivity contribution in [3.8, 4) is 29.4 Å². The Morgan fingerprint density at radius 1 is 1.02 bits per heavy atom. The van der Waals surface area contributed by atoms with Crippen LogP contribution in [0.5, 0.6) is 5.75 Å². The minimum absolute atomic E-state index is 0.425. The van der Waals surface area contributed by atoms with Gasteiger partial charge in [0, 0.05) is 28.4 Å². The summed E-state index contributed by atoms with van der Waals surface area (Å²) in [7, 11) is 0. The summed E-state index contributed by atoms with van der Waals surface area (Å²) in [5.74, 6) is 11.5. The zero-order valence-corrected chi connectivity index (χ0v) is 22.4. The molecule has 206 valence electrons. The Morgan fingerprint density at radius 3 is 2.38 bits per heavy atom. The first kappa shape index (κ1) is 29.0. The molecular formula is C30H25F3N2O4S. The fourth-order valence-electron chi connectivity index (χ4n) is 3.70. The number of hydrogen-bond acceptors (Lipinski definition) is 6. The lowest BCUT2D eigenvalue weighted by Crippen LogP contribution is -2.36. The summed E-state index contributed by atoms with van der Waals surface area (Å²) < 4.78 is 49.3. The number of carbonyl (C=O) groups is 1. The summed E-state index contributed by atoms with van der Waals surface area (Å²) in [6.45, 7) is 4.96. The molecule has 0 saturated carbocycles. The Kier molecular flexibility index (Phi) is 9.73. The smallest absolute Gasteiger partial charge is 0.416 e. The van der Waals surface area contributed by atoms with Crippen molar-refractivity contribution in [2.75, 3.05) is 39.5 Å². The van der Waals surface area contributed by atoms with Crippen LogP contribution in [0.3, 0.4) is 0 Å². The summed E-state index contributed by atoms with van der Waals surface area (Å²) in [6, 6.07) is 13.7. The highest BCUT2D eigenvalue weighted by Crippen LogP contribution is 2.32. The predicted molar refractivity (Wildman–Crippen MR) is 144 cm³/mol. The number of morpholine rings is 1. The lowest BCUT2D eigenvalue weighted by atomic mass is 10.1. The van der Waals surface area contributed by atoms with E-state index < -0.39 is 24.3 Å². The van der Waals surface area contributed by atoms with Gasteiger partial charge in [-0.25, -0.2) is 9.78 Å². The molecule has 10 heteroatoms. The molecule has 0 spiro atoms. The largest absolute Gasteiger partial charge is 0.482 e. The predicted octanol–water partition coefficient (Wildman–Crippen LogP) is 5.11. The molecule has 40 heavy (non-hydrogen) atoms. The molecule has 1 N–H and O–H groups in total. The van der Waals surface area contributed by atoms with Crippen LogP contribution in [0, 0.1) is 30.6 Å². The van der Waals surface area contributed by atoms with Crippen LogP contribution in [-0.2, 0) is 15.7 Å². The number of aliphatic carboxylic acids is 1. The Hall–Kier alpha value is -3.96. The number of pyridine rings is 1. The number of carboxylic acids is 1. The topological polar surface area (TPSA) is 71.9 Å². The maximum absolute atomic E-state index is 12.9. The molecule has 2 aromatic carbocycles. The number of aryl methyl sites for hydroxylation is 1. The molecule has 0 unspecified atom stereocenters. The molecule has 0 bridgehead atoms. The highest BCUT2D eigenvalue weighted by Gasteiger charge is 2.29. The second-order valence-electron chi connectivity index (χ2n) is 8.80. The van der Waals surface area contributed by atoms with Gasteiger partial charge in [0.1, 0.15) is 17.1 Å². The standard InChI is InChI=1S/C30H25F3N2O4S/c1-21-17-26(10-11-28(21)39-20-29(36)37)40-27-18-24(3-2-12-35-13-15-38-16-14-35)34-25(19-27)9-6-22-4-7-23(8-5-22)30(31,32)33/h4-5,7-8,10-11,17-19H,12-16,20H2,1H3,(H,36,37). The van der Waals surface area contributed by atoms with Gasteiger partial charge in [-0.1, -0.05) is 23.6 Å². The first-order valence-corrected chi connectivity index (χ1v) is 13.1. The number of halogens is 3. The van der Waals surface area contributed by atoms with Gasteiger partial charge >= 0.3 is 12.1 Å². The summed E-state index contributed by atoms with van der Waals surface area (Å²) in [4.78, 5) is 19.3. The molecule has 4 rings (SSSR count). The normalized spacial score (nSPS) is 13.5. The third-order valence-electron chi connectivity index (χ3n) is 5.70. The maximum atomic E-state index is 12.9. The fraction of sp³-hybridized carbons (Fsp3) is 0.267. The minimum Gasteiger partial charge on any atom is -0.482 e. The Labute approximate surface area is 234 Å². The van der Waals surface area contributed by atoms with Crippen LogP contribution < -0.4 is 4.74 Å². The van der Waals surface area contributed by atoms with Crippen molar-refractivity contribution in [3.63, 3.8) is 0 Å². The van der Waals surface area contributed by atoms with Gasteiger partial charge in [-0.2, -0.15) is 13.2 Å². The lowest BCUT2D eigenvalue weighted by molar-refractivity contribution is -0.139. The second kappa shape index (κ2) is 13.4. The number of carboxylic acid groups (broad SMARTS) is 1. The van der Waals surface area contributed by atoms with Gasteiger partial charge in [0.05, 0.1) is 25.3 Å². The van der Waals surface area contributed by atoms with Crippen LogP contribution in [-0.4, -0.2) is 60.4 Å². The lowest BCUT2D eigenvalue weighted by Gasteiger charge is -2.24. The van der Waals surface area contributed by atoms with Gasteiger partial charge in [-0.05, 0) is 78.9 Å². The molecule has 2 heterocycles. The van der Waals surface area contributed by atoms with Crippen molar-refractivity contribution in [2.45, 2.75) is 22.9 Å². The van der Waals surface area contributed by atoms with E-state index >= 15 is 0 Å². The third-order valence-corrected chi connectivity index (χ3v) is 6.66. The van der Waals surface area contributed by atoms with E-state index in [-0.39, 0.29) is 0 Å². The van der Waals surface area contributed by atoms with Gasteiger partial charge in [-0.15, -0.1) is 0 Å². The van der Waals surface area contributed by atoms with Gasteiger partial charge in [-0.3, -0.25) is 4.90 Å². The van der Waals surface area contributed by atoms with E-state index in [1.165, 1.54) is 23.9 Å². The third kappa shape index (κ3) is 8.78. The maximum Gasteiger partial charge on any atom is 0.416 e. The van der Waals surface area contributed by atoms with Gasteiger partial charge in [0.2, 0.25) is 0 Å². The quantitative estimate of drug-likeness (QED) is 0.416. The number of alkyl halides is 3. The van der Waals surface area contributed by atoms with Crippen molar-refractivity contribution in [2.24, 2.45) is 0 Å². The van der Waals surface area contributed by atoms with E-state index in [0.29, 0.717) is 42.5 Å². The average molecular weight is 567 g/mol. The molecule has 1 aliphatic heterocycles. The second-order valence-corrected chi connectivity index (χ2v) is 9.95. The molecule has 0 amide bonds. The zero-order chi connectivity index (χ0) is 28.5. The molecule has 1 aromatic heterocycles. The fourth-order valence-corrected chi connectivity index (χ4v) is 4.68. The van der Waals surface area contributed by atoms with E-state index in [2.05, 4.69) is 33.6 Å². The van der Waals surface area contributed by atoms with Gasteiger partial charge in [0.25, 0.3) is 0 Å². The number of aromatic nitrogens is 1. The Balaban J connectivity index is 1.58. The summed E-state index contributed by atoms with van der Waals surface area (Å²) in [5.41, 5.74) is 1.43. The molecular weight excluding hydrogens is 541 g/mol. The number of ether oxygens (including phenoxy) is 2. The zero-order valence-electron chi connectivity index (χ0n) is 21.5. The van der Waals surface area contributed by atoms with Crippen LogP contribution in [0.1, 0.15) is 28.1 Å². The number of benzene rings is 2. The van der Waals surface area contributed by atoms with E-state index in [0.717, 1.165) is 40.6 Å². The van der Waals surface area contributed by atoms with Crippen molar-refractivity contribution < 1.29 is 32.5 Å². The highest BCUT2D eigenvalue weighted by atomic mass is 32.2. The van der Waals surface area contributed by atoms with Gasteiger partial charge < -0.3 is 14.6 Å². The number of hydrogen-bond donors (Lipinski definition) is 1. The van der Waals surface area contributed by atoms with E-state index in [4.69, 9.17) is 14.6 Å². The van der Waals surface area contributed by atoms with Gasteiger partial charge in [0.15, 0.2) is 6.61 Å². The van der Waals surface area contributed by atoms with Crippen molar-refractivity contribution >= 4 is 17.7 Å². The molecule has 0 radical (unpaired) electrons. The minimum atomic E-state index is -4.41. The highest BCUT2D eigenvalue weighted by molar-refractivity contribution is 7.99. The molecule has 6 nitrogen and oxygen atoms in total. The number of nitrogens with zero attached hydrogens (tertiary/aromatic N) is 2. The average Bonchev–Trinajstić information content (AvgIpc) is 2.92. The molecule has 3 aromatic rings.